The average Bonchev–Trinajstić information content (AvgIpc) is 2.95. The van der Waals surface area contributed by atoms with E-state index in [-0.39, 0.29) is 26.9 Å². The van der Waals surface area contributed by atoms with Crippen LogP contribution >= 0.6 is 11.6 Å². The van der Waals surface area contributed by atoms with Crippen LogP contribution in [0.25, 0.3) is 0 Å². The number of aryl methyl sites for hydroxylation is 1. The third-order valence-corrected chi connectivity index (χ3v) is 8.44. The highest BCUT2D eigenvalue weighted by Gasteiger charge is 2.20. The van der Waals surface area contributed by atoms with Crippen LogP contribution in [0, 0.1) is 0 Å². The van der Waals surface area contributed by atoms with Crippen molar-refractivity contribution in [3.8, 4) is 11.5 Å². The Kier molecular flexibility index (Phi) is 9.60. The van der Waals surface area contributed by atoms with E-state index in [2.05, 4.69) is 5.32 Å². The molecule has 0 saturated heterocycles. The molecule has 208 valence electrons. The van der Waals surface area contributed by atoms with Gasteiger partial charge >= 0.3 is 5.97 Å². The van der Waals surface area contributed by atoms with Gasteiger partial charge in [0.05, 0.1) is 15.9 Å². The number of para-hydroxylation sites is 1. The molecule has 0 heterocycles. The van der Waals surface area contributed by atoms with Crippen molar-refractivity contribution in [1.82, 2.24) is 5.32 Å². The lowest BCUT2D eigenvalue weighted by Crippen LogP contribution is -2.23. The summed E-state index contributed by atoms with van der Waals surface area (Å²) in [5.41, 5.74) is 2.40. The van der Waals surface area contributed by atoms with Gasteiger partial charge < -0.3 is 20.3 Å². The molecule has 9 heteroatoms. The van der Waals surface area contributed by atoms with Crippen LogP contribution in [0.1, 0.15) is 40.1 Å². The summed E-state index contributed by atoms with van der Waals surface area (Å²) >= 11 is 5.98. The number of hydrogen-bond donors (Lipinski definition) is 3. The Hall–Kier alpha value is -3.69. The van der Waals surface area contributed by atoms with Gasteiger partial charge in [0, 0.05) is 11.6 Å². The molecule has 0 aliphatic rings. The predicted molar refractivity (Wildman–Crippen MR) is 154 cm³/mol. The second-order valence-corrected chi connectivity index (χ2v) is 11.6. The monoisotopic (exact) mass is 579 g/mol. The summed E-state index contributed by atoms with van der Waals surface area (Å²) in [6, 6.07) is 24.7. The van der Waals surface area contributed by atoms with E-state index in [1.54, 1.807) is 66.7 Å². The number of ether oxygens (including phenoxy) is 1. The fourth-order valence-corrected chi connectivity index (χ4v) is 5.74. The first-order chi connectivity index (χ1) is 19.2. The van der Waals surface area contributed by atoms with Gasteiger partial charge in [-0.3, -0.25) is 0 Å². The molecule has 3 N–H and O–H groups in total. The number of aliphatic hydroxyl groups excluding tert-OH is 1. The second-order valence-electron chi connectivity index (χ2n) is 9.20. The van der Waals surface area contributed by atoms with Crippen molar-refractivity contribution in [2.45, 2.75) is 35.7 Å². The first-order valence-electron chi connectivity index (χ1n) is 12.8. The number of carboxylic acid groups (broad SMARTS) is 1. The molecular weight excluding hydrogens is 550 g/mol. The van der Waals surface area contributed by atoms with Gasteiger partial charge in [-0.05, 0) is 84.6 Å². The topological polar surface area (TPSA) is 113 Å². The Balaban J connectivity index is 1.41. The van der Waals surface area contributed by atoms with E-state index in [9.17, 15) is 23.4 Å². The van der Waals surface area contributed by atoms with E-state index in [4.69, 9.17) is 16.3 Å². The molecule has 4 rings (SSSR count). The number of rotatable bonds is 12. The van der Waals surface area contributed by atoms with Crippen molar-refractivity contribution in [3.05, 3.63) is 118 Å². The quantitative estimate of drug-likeness (QED) is 0.174. The first-order valence-corrected chi connectivity index (χ1v) is 14.7. The third-order valence-electron chi connectivity index (χ3n) is 6.44. The van der Waals surface area contributed by atoms with Crippen LogP contribution in [0.15, 0.2) is 101 Å². The van der Waals surface area contributed by atoms with Crippen molar-refractivity contribution >= 4 is 27.4 Å². The van der Waals surface area contributed by atoms with E-state index in [1.807, 2.05) is 13.0 Å². The fourth-order valence-electron chi connectivity index (χ4n) is 4.25. The highest BCUT2D eigenvalue weighted by atomic mass is 35.5. The predicted octanol–water partition coefficient (Wildman–Crippen LogP) is 6.09. The number of aromatic carboxylic acids is 1. The molecule has 0 radical (unpaired) electrons. The van der Waals surface area contributed by atoms with Crippen LogP contribution in [-0.4, -0.2) is 37.7 Å². The molecule has 0 unspecified atom stereocenters. The van der Waals surface area contributed by atoms with Gasteiger partial charge in [-0.1, -0.05) is 61.0 Å². The first kappa shape index (κ1) is 29.3. The highest BCUT2D eigenvalue weighted by Crippen LogP contribution is 2.32. The van der Waals surface area contributed by atoms with E-state index in [0.29, 0.717) is 36.5 Å². The third kappa shape index (κ3) is 7.08. The van der Waals surface area contributed by atoms with Crippen LogP contribution in [0.4, 0.5) is 0 Å². The van der Waals surface area contributed by atoms with Crippen molar-refractivity contribution < 1.29 is 28.2 Å². The van der Waals surface area contributed by atoms with Crippen molar-refractivity contribution in [1.29, 1.82) is 0 Å². The molecule has 7 nitrogen and oxygen atoms in total. The maximum absolute atomic E-state index is 13.3. The summed E-state index contributed by atoms with van der Waals surface area (Å²) in [5.74, 6) is -0.695. The lowest BCUT2D eigenvalue weighted by molar-refractivity contribution is 0.0694. The maximum atomic E-state index is 13.3. The zero-order chi connectivity index (χ0) is 28.7. The summed E-state index contributed by atoms with van der Waals surface area (Å²) in [6.45, 7) is 2.85. The van der Waals surface area contributed by atoms with E-state index in [1.165, 1.54) is 18.2 Å². The number of benzene rings is 4. The summed E-state index contributed by atoms with van der Waals surface area (Å²) in [4.78, 5) is 11.9. The van der Waals surface area contributed by atoms with Crippen LogP contribution in [0.5, 0.6) is 11.5 Å². The zero-order valence-corrected chi connectivity index (χ0v) is 23.5. The van der Waals surface area contributed by atoms with Gasteiger partial charge in [0.2, 0.25) is 9.84 Å². The Bertz CT molecular complexity index is 1590. The minimum absolute atomic E-state index is 0.0108. The molecule has 0 bridgehead atoms. The van der Waals surface area contributed by atoms with E-state index < -0.39 is 21.9 Å². The minimum atomic E-state index is -3.84. The molecule has 4 aromatic rings. The maximum Gasteiger partial charge on any atom is 0.339 e. The van der Waals surface area contributed by atoms with Crippen LogP contribution in [0.3, 0.4) is 0 Å². The molecule has 0 fully saturated rings. The molecular formula is C31H30ClNO6S. The van der Waals surface area contributed by atoms with Crippen LogP contribution in [-0.2, 0) is 22.7 Å². The van der Waals surface area contributed by atoms with E-state index in [0.717, 1.165) is 11.1 Å². The summed E-state index contributed by atoms with van der Waals surface area (Å²) in [7, 11) is -3.84. The van der Waals surface area contributed by atoms with Gasteiger partial charge in [0.15, 0.2) is 0 Å². The molecule has 0 aliphatic heterocycles. The Morgan fingerprint density at radius 1 is 0.950 bits per heavy atom. The Labute approximate surface area is 238 Å². The molecule has 0 aliphatic carbocycles. The van der Waals surface area contributed by atoms with E-state index >= 15 is 0 Å². The number of carbonyl (C=O) groups is 1. The molecule has 0 amide bonds. The smallest absolute Gasteiger partial charge is 0.339 e. The summed E-state index contributed by atoms with van der Waals surface area (Å²) in [5, 5.41) is 23.7. The normalized spacial score (nSPS) is 12.2. The van der Waals surface area contributed by atoms with Crippen LogP contribution < -0.4 is 10.1 Å². The van der Waals surface area contributed by atoms with Gasteiger partial charge in [0.25, 0.3) is 0 Å². The summed E-state index contributed by atoms with van der Waals surface area (Å²) < 4.78 is 32.6. The van der Waals surface area contributed by atoms with Crippen molar-refractivity contribution in [2.75, 3.05) is 13.1 Å². The average molecular weight is 580 g/mol. The largest absolute Gasteiger partial charge is 0.478 e. The molecule has 0 aromatic heterocycles. The number of carboxylic acids is 1. The van der Waals surface area contributed by atoms with Gasteiger partial charge in [0.1, 0.15) is 17.1 Å². The minimum Gasteiger partial charge on any atom is -0.478 e. The molecule has 0 saturated carbocycles. The molecule has 4 aromatic carbocycles. The standard InChI is InChI=1S/C31H30ClNO6S/c1-2-22-6-4-11-28(31(35)36)30(22)39-25-9-5-10-27(19-25)40(37,38)26-14-12-21(13-15-26)16-17-33-20-29(34)23-7-3-8-24(32)18-23/h3-15,18-19,29,33-34H,2,16-17,20H2,1H3,(H,35,36)/t29-/m0/s1. The van der Waals surface area contributed by atoms with Crippen molar-refractivity contribution in [3.63, 3.8) is 0 Å². The zero-order valence-electron chi connectivity index (χ0n) is 21.9. The number of aliphatic hydroxyl groups is 1. The Morgan fingerprint density at radius 3 is 2.38 bits per heavy atom. The van der Waals surface area contributed by atoms with Crippen molar-refractivity contribution in [2.24, 2.45) is 0 Å². The second kappa shape index (κ2) is 13.1. The number of hydrogen-bond acceptors (Lipinski definition) is 6. The lowest BCUT2D eigenvalue weighted by atomic mass is 10.1. The van der Waals surface area contributed by atoms with Gasteiger partial charge in [-0.25, -0.2) is 13.2 Å². The molecule has 1 atom stereocenters. The number of nitrogens with one attached hydrogen (secondary N) is 1. The van der Waals surface area contributed by atoms with Gasteiger partial charge in [-0.15, -0.1) is 0 Å². The number of sulfone groups is 1. The Morgan fingerprint density at radius 2 is 1.68 bits per heavy atom. The molecule has 0 spiro atoms. The summed E-state index contributed by atoms with van der Waals surface area (Å²) in [6.07, 6.45) is 0.519. The number of halogens is 1. The fraction of sp³-hybridized carbons (Fsp3) is 0.194. The van der Waals surface area contributed by atoms with Crippen LogP contribution in [0.2, 0.25) is 5.02 Å². The highest BCUT2D eigenvalue weighted by molar-refractivity contribution is 7.91. The lowest BCUT2D eigenvalue weighted by Gasteiger charge is -2.14. The van der Waals surface area contributed by atoms with Gasteiger partial charge in [-0.2, -0.15) is 0 Å². The molecule has 40 heavy (non-hydrogen) atoms. The SMILES string of the molecule is CCc1cccc(C(=O)O)c1Oc1cccc(S(=O)(=O)c2ccc(CCNC[C@H](O)c3cccc(Cl)c3)cc2)c1.